The molecule has 0 aliphatic carbocycles. The van der Waals surface area contributed by atoms with Gasteiger partial charge in [0.15, 0.2) is 0 Å². The van der Waals surface area contributed by atoms with E-state index in [1.165, 1.54) is 38.8 Å². The summed E-state index contributed by atoms with van der Waals surface area (Å²) in [5.41, 5.74) is 0. The van der Waals surface area contributed by atoms with Crippen molar-refractivity contribution in [2.45, 2.75) is 64.2 Å². The van der Waals surface area contributed by atoms with E-state index >= 15 is 0 Å². The van der Waals surface area contributed by atoms with Crippen molar-refractivity contribution in [2.75, 3.05) is 39.4 Å². The summed E-state index contributed by atoms with van der Waals surface area (Å²) in [4.78, 5) is 2.52. The van der Waals surface area contributed by atoms with Crippen molar-refractivity contribution in [1.29, 1.82) is 0 Å². The predicted molar refractivity (Wildman–Crippen MR) is 82.1 cm³/mol. The van der Waals surface area contributed by atoms with Crippen molar-refractivity contribution < 1.29 is 9.47 Å². The molecule has 2 atom stereocenters. The molecule has 0 aromatic rings. The van der Waals surface area contributed by atoms with E-state index in [2.05, 4.69) is 24.1 Å². The summed E-state index contributed by atoms with van der Waals surface area (Å²) < 4.78 is 11.8. The molecule has 4 heteroatoms. The second-order valence-electron chi connectivity index (χ2n) is 6.50. The van der Waals surface area contributed by atoms with Crippen LogP contribution >= 0.6 is 0 Å². The number of hydrogen-bond donors (Lipinski definition) is 1. The third-order valence-electron chi connectivity index (χ3n) is 4.25. The van der Waals surface area contributed by atoms with Gasteiger partial charge in [0.1, 0.15) is 0 Å². The minimum atomic E-state index is 0.315. The number of hydrogen-bond acceptors (Lipinski definition) is 4. The Morgan fingerprint density at radius 1 is 1.15 bits per heavy atom. The summed E-state index contributed by atoms with van der Waals surface area (Å²) in [6.07, 6.45) is 7.13. The largest absolute Gasteiger partial charge is 0.377 e. The molecule has 0 bridgehead atoms. The zero-order valence-corrected chi connectivity index (χ0v) is 13.3. The molecule has 2 saturated heterocycles. The summed E-state index contributed by atoms with van der Waals surface area (Å²) in [7, 11) is 0. The van der Waals surface area contributed by atoms with Crippen molar-refractivity contribution in [1.82, 2.24) is 10.2 Å². The first-order chi connectivity index (χ1) is 9.74. The second-order valence-corrected chi connectivity index (χ2v) is 6.50. The van der Waals surface area contributed by atoms with Crippen molar-refractivity contribution in [3.8, 4) is 0 Å². The van der Waals surface area contributed by atoms with E-state index in [-0.39, 0.29) is 0 Å². The van der Waals surface area contributed by atoms with Crippen LogP contribution in [0, 0.1) is 0 Å². The first-order valence-corrected chi connectivity index (χ1v) is 8.43. The maximum Gasteiger partial charge on any atom is 0.0813 e. The summed E-state index contributed by atoms with van der Waals surface area (Å²) in [5.74, 6) is 0. The molecule has 0 aromatic carbocycles. The van der Waals surface area contributed by atoms with Gasteiger partial charge in [-0.2, -0.15) is 0 Å². The van der Waals surface area contributed by atoms with Crippen LogP contribution < -0.4 is 5.32 Å². The molecule has 0 amide bonds. The number of rotatable bonds is 8. The molecule has 0 aromatic heterocycles. The molecule has 4 nitrogen and oxygen atoms in total. The Hall–Kier alpha value is -0.160. The van der Waals surface area contributed by atoms with Crippen LogP contribution in [-0.2, 0) is 9.47 Å². The molecular formula is C16H32N2O2. The van der Waals surface area contributed by atoms with Crippen molar-refractivity contribution in [2.24, 2.45) is 0 Å². The van der Waals surface area contributed by atoms with Crippen LogP contribution in [0.25, 0.3) is 0 Å². The third-order valence-corrected chi connectivity index (χ3v) is 4.25. The van der Waals surface area contributed by atoms with Gasteiger partial charge in [-0.3, -0.25) is 0 Å². The summed E-state index contributed by atoms with van der Waals surface area (Å²) in [6, 6.07) is 0.540. The Kier molecular flexibility index (Phi) is 7.28. The average Bonchev–Trinajstić information content (AvgIpc) is 2.90. The van der Waals surface area contributed by atoms with Gasteiger partial charge < -0.3 is 19.7 Å². The topological polar surface area (TPSA) is 33.7 Å². The molecule has 2 aliphatic rings. The van der Waals surface area contributed by atoms with Gasteiger partial charge in [0.25, 0.3) is 0 Å². The number of piperidine rings is 1. The van der Waals surface area contributed by atoms with Crippen LogP contribution in [0.15, 0.2) is 0 Å². The minimum absolute atomic E-state index is 0.315. The molecule has 2 fully saturated rings. The number of nitrogens with one attached hydrogen (secondary N) is 1. The first kappa shape index (κ1) is 16.2. The lowest BCUT2D eigenvalue weighted by atomic mass is 10.1. The molecule has 2 unspecified atom stereocenters. The molecule has 2 rings (SSSR count). The van der Waals surface area contributed by atoms with Crippen LogP contribution in [0.4, 0.5) is 0 Å². The SMILES string of the molecule is CC(C)NCC1CCC(COCCN2CCCCC2)O1. The van der Waals surface area contributed by atoms with E-state index in [1.54, 1.807) is 0 Å². The Balaban J connectivity index is 1.48. The van der Waals surface area contributed by atoms with E-state index < -0.39 is 0 Å². The van der Waals surface area contributed by atoms with Crippen LogP contribution in [0.1, 0.15) is 46.0 Å². The van der Waals surface area contributed by atoms with Gasteiger partial charge in [0.05, 0.1) is 25.4 Å². The monoisotopic (exact) mass is 284 g/mol. The second kappa shape index (κ2) is 8.98. The van der Waals surface area contributed by atoms with Crippen molar-refractivity contribution >= 4 is 0 Å². The molecule has 0 spiro atoms. The Morgan fingerprint density at radius 2 is 1.90 bits per heavy atom. The highest BCUT2D eigenvalue weighted by atomic mass is 16.5. The highest BCUT2D eigenvalue weighted by Gasteiger charge is 2.25. The summed E-state index contributed by atoms with van der Waals surface area (Å²) in [6.45, 7) is 10.6. The normalized spacial score (nSPS) is 28.4. The molecule has 20 heavy (non-hydrogen) atoms. The van der Waals surface area contributed by atoms with Gasteiger partial charge in [-0.1, -0.05) is 20.3 Å². The van der Waals surface area contributed by atoms with Crippen molar-refractivity contribution in [3.63, 3.8) is 0 Å². The maximum atomic E-state index is 6.00. The molecule has 0 saturated carbocycles. The predicted octanol–water partition coefficient (Wildman–Crippen LogP) is 2.03. The van der Waals surface area contributed by atoms with E-state index in [1.807, 2.05) is 0 Å². The number of likely N-dealkylation sites (tertiary alicyclic amines) is 1. The van der Waals surface area contributed by atoms with Gasteiger partial charge in [0.2, 0.25) is 0 Å². The Morgan fingerprint density at radius 3 is 2.65 bits per heavy atom. The van der Waals surface area contributed by atoms with E-state index in [0.29, 0.717) is 18.2 Å². The number of nitrogens with zero attached hydrogens (tertiary/aromatic N) is 1. The van der Waals surface area contributed by atoms with Crippen molar-refractivity contribution in [3.05, 3.63) is 0 Å². The van der Waals surface area contributed by atoms with Crippen LogP contribution in [-0.4, -0.2) is 62.5 Å². The molecule has 118 valence electrons. The van der Waals surface area contributed by atoms with E-state index in [0.717, 1.165) is 32.7 Å². The fourth-order valence-corrected chi connectivity index (χ4v) is 3.01. The lowest BCUT2D eigenvalue weighted by Gasteiger charge is -2.26. The van der Waals surface area contributed by atoms with Crippen LogP contribution in [0.3, 0.4) is 0 Å². The highest BCUT2D eigenvalue weighted by molar-refractivity contribution is 4.76. The lowest BCUT2D eigenvalue weighted by Crippen LogP contribution is -2.34. The third kappa shape index (κ3) is 6.08. The van der Waals surface area contributed by atoms with Crippen LogP contribution in [0.2, 0.25) is 0 Å². The molecule has 2 heterocycles. The zero-order chi connectivity index (χ0) is 14.2. The van der Waals surface area contributed by atoms with E-state index in [4.69, 9.17) is 9.47 Å². The fourth-order valence-electron chi connectivity index (χ4n) is 3.01. The van der Waals surface area contributed by atoms with Gasteiger partial charge in [-0.25, -0.2) is 0 Å². The zero-order valence-electron chi connectivity index (χ0n) is 13.3. The molecule has 0 radical (unpaired) electrons. The Bertz CT molecular complexity index is 255. The highest BCUT2D eigenvalue weighted by Crippen LogP contribution is 2.19. The first-order valence-electron chi connectivity index (χ1n) is 8.43. The Labute approximate surface area is 124 Å². The fraction of sp³-hybridized carbons (Fsp3) is 1.00. The molecule has 1 N–H and O–H groups in total. The standard InChI is InChI=1S/C16H32N2O2/c1-14(2)17-12-15-6-7-16(20-15)13-19-11-10-18-8-4-3-5-9-18/h14-17H,3-13H2,1-2H3. The average molecular weight is 284 g/mol. The summed E-state index contributed by atoms with van der Waals surface area (Å²) in [5, 5.41) is 3.45. The minimum Gasteiger partial charge on any atom is -0.377 e. The van der Waals surface area contributed by atoms with Gasteiger partial charge in [0, 0.05) is 19.1 Å². The maximum absolute atomic E-state index is 6.00. The van der Waals surface area contributed by atoms with E-state index in [9.17, 15) is 0 Å². The van der Waals surface area contributed by atoms with Crippen LogP contribution in [0.5, 0.6) is 0 Å². The van der Waals surface area contributed by atoms with Gasteiger partial charge in [-0.15, -0.1) is 0 Å². The smallest absolute Gasteiger partial charge is 0.0813 e. The van der Waals surface area contributed by atoms with Gasteiger partial charge >= 0.3 is 0 Å². The van der Waals surface area contributed by atoms with Gasteiger partial charge in [-0.05, 0) is 38.8 Å². The number of ether oxygens (including phenoxy) is 2. The molecular weight excluding hydrogens is 252 g/mol. The lowest BCUT2D eigenvalue weighted by molar-refractivity contribution is -0.0191. The summed E-state index contributed by atoms with van der Waals surface area (Å²) >= 11 is 0. The quantitative estimate of drug-likeness (QED) is 0.692. The molecule has 2 aliphatic heterocycles.